The summed E-state index contributed by atoms with van der Waals surface area (Å²) in [6.07, 6.45) is 72.4. The normalized spacial score (nSPS) is 14.4. The van der Waals surface area contributed by atoms with Crippen LogP contribution in [0.4, 0.5) is 0 Å². The summed E-state index contributed by atoms with van der Waals surface area (Å²) in [7, 11) is 1.14. The van der Waals surface area contributed by atoms with E-state index in [1.807, 2.05) is 94.1 Å². The molecule has 0 radical (unpaired) electrons. The third-order valence-corrected chi connectivity index (χ3v) is 14.1. The average Bonchev–Trinajstić information content (AvgIpc) is 3.37. The lowest BCUT2D eigenvalue weighted by Gasteiger charge is -2.30. The van der Waals surface area contributed by atoms with Gasteiger partial charge in [0.05, 0.1) is 33.8 Å². The summed E-state index contributed by atoms with van der Waals surface area (Å²) in [6.45, 7) is 6.65. The van der Waals surface area contributed by atoms with Crippen LogP contribution in [0.2, 0.25) is 0 Å². The van der Waals surface area contributed by atoms with E-state index in [2.05, 4.69) is 50.4 Å². The summed E-state index contributed by atoms with van der Waals surface area (Å²) >= 11 is 0. The van der Waals surface area contributed by atoms with Gasteiger partial charge in [-0.05, 0) is 76.7 Å². The molecule has 3 unspecified atom stereocenters. The number of carbonyl (C=O) groups is 2. The highest BCUT2D eigenvalue weighted by Gasteiger charge is 2.27. The molecule has 0 aliphatic heterocycles. The molecule has 0 aliphatic carbocycles. The lowest BCUT2D eigenvalue weighted by molar-refractivity contribution is -0.870. The molecule has 0 saturated heterocycles. The molecule has 3 atom stereocenters. The minimum absolute atomic E-state index is 0.0359. The predicted molar refractivity (Wildman–Crippen MR) is 321 cm³/mol. The second-order valence-electron chi connectivity index (χ2n) is 21.6. The van der Waals surface area contributed by atoms with Crippen LogP contribution in [0.1, 0.15) is 252 Å². The van der Waals surface area contributed by atoms with E-state index >= 15 is 0 Å². The first-order valence-electron chi connectivity index (χ1n) is 30.6. The molecule has 432 valence electrons. The van der Waals surface area contributed by atoms with Gasteiger partial charge in [-0.3, -0.25) is 14.2 Å². The van der Waals surface area contributed by atoms with Gasteiger partial charge in [0.2, 0.25) is 5.91 Å². The SMILES string of the molecule is CC\C=C/C=C/C=C/C=C\C=C\C=C\CCCCCC(=O)NC(COP(=O)([O-])OCC[N+](C)(C)C)C(/C=C/CCCCCCCCCCC)OC(=O)CCCCCCCCCCCCC/C=C/CCCCCCCC. The molecule has 0 aromatic heterocycles. The van der Waals surface area contributed by atoms with E-state index in [1.54, 1.807) is 0 Å². The smallest absolute Gasteiger partial charge is 0.306 e. The maximum atomic E-state index is 13.5. The number of phosphoric acid groups is 1. The van der Waals surface area contributed by atoms with Gasteiger partial charge in [0, 0.05) is 12.8 Å². The molecule has 0 spiro atoms. The monoisotopic (exact) mass is 1070 g/mol. The van der Waals surface area contributed by atoms with Crippen molar-refractivity contribution in [2.75, 3.05) is 40.9 Å². The predicted octanol–water partition coefficient (Wildman–Crippen LogP) is 18.1. The molecule has 0 saturated carbocycles. The van der Waals surface area contributed by atoms with Crippen LogP contribution in [0.15, 0.2) is 97.2 Å². The number of quaternary nitrogens is 1. The minimum atomic E-state index is -4.71. The van der Waals surface area contributed by atoms with E-state index in [0.717, 1.165) is 64.2 Å². The van der Waals surface area contributed by atoms with Crippen LogP contribution < -0.4 is 10.2 Å². The molecule has 0 rings (SSSR count). The van der Waals surface area contributed by atoms with Gasteiger partial charge in [-0.2, -0.15) is 0 Å². The maximum absolute atomic E-state index is 13.5. The number of amides is 1. The Bertz CT molecular complexity index is 1610. The third kappa shape index (κ3) is 55.5. The van der Waals surface area contributed by atoms with E-state index in [1.165, 1.54) is 148 Å². The van der Waals surface area contributed by atoms with Gasteiger partial charge < -0.3 is 28.5 Å². The zero-order valence-corrected chi connectivity index (χ0v) is 50.1. The third-order valence-electron chi connectivity index (χ3n) is 13.2. The zero-order valence-electron chi connectivity index (χ0n) is 49.2. The average molecular weight is 1070 g/mol. The fraction of sp³-hybridized carbons (Fsp3) is 0.723. The molecule has 0 bridgehead atoms. The molecule has 0 aromatic carbocycles. The van der Waals surface area contributed by atoms with E-state index in [9.17, 15) is 19.0 Å². The molecule has 75 heavy (non-hydrogen) atoms. The van der Waals surface area contributed by atoms with Gasteiger partial charge >= 0.3 is 5.97 Å². The van der Waals surface area contributed by atoms with Gasteiger partial charge in [-0.25, -0.2) is 0 Å². The largest absolute Gasteiger partial charge is 0.756 e. The van der Waals surface area contributed by atoms with Crippen LogP contribution in [0.3, 0.4) is 0 Å². The topological polar surface area (TPSA) is 114 Å². The number of rotatable bonds is 54. The van der Waals surface area contributed by atoms with Crippen LogP contribution in [-0.2, 0) is 27.9 Å². The van der Waals surface area contributed by atoms with Crippen LogP contribution >= 0.6 is 7.82 Å². The first-order valence-corrected chi connectivity index (χ1v) is 32.1. The lowest BCUT2D eigenvalue weighted by Crippen LogP contribution is -2.47. The van der Waals surface area contributed by atoms with Crippen LogP contribution in [-0.4, -0.2) is 69.4 Å². The van der Waals surface area contributed by atoms with Crippen LogP contribution in [0.5, 0.6) is 0 Å². The Kier molecular flexibility index (Phi) is 52.1. The van der Waals surface area contributed by atoms with Crippen LogP contribution in [0, 0.1) is 0 Å². The molecule has 1 amide bonds. The fourth-order valence-electron chi connectivity index (χ4n) is 8.43. The quantitative estimate of drug-likeness (QED) is 0.0161. The van der Waals surface area contributed by atoms with Crippen LogP contribution in [0.25, 0.3) is 0 Å². The molecule has 0 fully saturated rings. The van der Waals surface area contributed by atoms with Gasteiger partial charge in [0.15, 0.2) is 0 Å². The molecular formula is C65H115N2O7P. The molecule has 0 aromatic rings. The number of carbonyl (C=O) groups excluding carboxylic acids is 2. The van der Waals surface area contributed by atoms with E-state index < -0.39 is 26.6 Å². The van der Waals surface area contributed by atoms with E-state index in [0.29, 0.717) is 17.4 Å². The lowest BCUT2D eigenvalue weighted by atomic mass is 10.0. The van der Waals surface area contributed by atoms with Crippen molar-refractivity contribution in [3.05, 3.63) is 97.2 Å². The summed E-state index contributed by atoms with van der Waals surface area (Å²) in [4.78, 5) is 39.9. The molecule has 0 heterocycles. The first kappa shape index (κ1) is 71.9. The minimum Gasteiger partial charge on any atom is -0.756 e. The summed E-state index contributed by atoms with van der Waals surface area (Å²) in [5.41, 5.74) is 0. The molecule has 9 nitrogen and oxygen atoms in total. The van der Waals surface area contributed by atoms with Crippen molar-refractivity contribution in [3.8, 4) is 0 Å². The van der Waals surface area contributed by atoms with Crippen molar-refractivity contribution in [1.29, 1.82) is 0 Å². The van der Waals surface area contributed by atoms with E-state index in [4.69, 9.17) is 13.8 Å². The number of unbranched alkanes of at least 4 members (excludes halogenated alkanes) is 29. The molecule has 0 aliphatic rings. The highest BCUT2D eigenvalue weighted by atomic mass is 31.2. The Morgan fingerprint density at radius 3 is 1.33 bits per heavy atom. The molecule has 10 heteroatoms. The number of esters is 1. The number of likely N-dealkylation sites (N-methyl/N-ethyl adjacent to an activating group) is 1. The maximum Gasteiger partial charge on any atom is 0.306 e. The van der Waals surface area contributed by atoms with Gasteiger partial charge in [-0.15, -0.1) is 0 Å². The Hall–Kier alpha value is -3.07. The number of hydrogen-bond donors (Lipinski definition) is 1. The Morgan fingerprint density at radius 1 is 0.480 bits per heavy atom. The number of nitrogens with zero attached hydrogens (tertiary/aromatic N) is 1. The second kappa shape index (κ2) is 54.3. The zero-order chi connectivity index (χ0) is 55.0. The summed E-state index contributed by atoms with van der Waals surface area (Å²) < 4.78 is 30.2. The van der Waals surface area contributed by atoms with Crippen molar-refractivity contribution >= 4 is 19.7 Å². The number of allylic oxidation sites excluding steroid dienone is 15. The second-order valence-corrected chi connectivity index (χ2v) is 23.0. The van der Waals surface area contributed by atoms with Crippen molar-refractivity contribution in [1.82, 2.24) is 5.32 Å². The highest BCUT2D eigenvalue weighted by molar-refractivity contribution is 7.45. The van der Waals surface area contributed by atoms with Crippen molar-refractivity contribution in [2.24, 2.45) is 0 Å². The standard InChI is InChI=1S/C65H115N2O7P/c1-7-10-13-16-19-22-25-27-29-31-32-33-34-36-38-40-43-46-49-52-55-58-65(69)74-63(56-53-50-47-44-41-24-21-18-15-12-9-3)62(61-73-75(70,71)72-60-59-67(4,5)6)66-64(68)57-54-51-48-45-42-39-37-35-30-28-26-23-20-17-14-11-8-2/h11,14,17,20,23,26-30,35,37,39,42,53,56,62-63H,7-10,12-13,15-16,18-19,21-22,24-25,31-34,36,38,40-41,43-52,54-55,57-61H2,1-6H3,(H-,66,68,70,71)/b14-11-,20-17+,26-23+,29-27+,30-28-,37-35+,42-39+,56-53+. The molecule has 1 N–H and O–H groups in total. The number of phosphoric ester groups is 1. The number of hydrogen-bond acceptors (Lipinski definition) is 7. The Morgan fingerprint density at radius 2 is 0.867 bits per heavy atom. The number of nitrogens with one attached hydrogen (secondary N) is 1. The van der Waals surface area contributed by atoms with Gasteiger partial charge in [0.1, 0.15) is 19.3 Å². The first-order chi connectivity index (χ1) is 36.4. The van der Waals surface area contributed by atoms with Gasteiger partial charge in [0.25, 0.3) is 7.82 Å². The summed E-state index contributed by atoms with van der Waals surface area (Å²) in [6, 6.07) is -0.916. The highest BCUT2D eigenvalue weighted by Crippen LogP contribution is 2.38. The Labute approximate surface area is 462 Å². The Balaban J connectivity index is 5.28. The van der Waals surface area contributed by atoms with E-state index in [-0.39, 0.29) is 31.3 Å². The number of ether oxygens (including phenoxy) is 1. The van der Waals surface area contributed by atoms with Crippen molar-refractivity contribution < 1.29 is 37.3 Å². The fourth-order valence-corrected chi connectivity index (χ4v) is 9.15. The summed E-state index contributed by atoms with van der Waals surface area (Å²) in [5.74, 6) is -0.596. The van der Waals surface area contributed by atoms with Crippen molar-refractivity contribution in [2.45, 2.75) is 264 Å². The van der Waals surface area contributed by atoms with Gasteiger partial charge in [-0.1, -0.05) is 260 Å². The summed E-state index contributed by atoms with van der Waals surface area (Å²) in [5, 5.41) is 3.00. The molecular weight excluding hydrogens is 952 g/mol. The van der Waals surface area contributed by atoms with Crippen molar-refractivity contribution in [3.63, 3.8) is 0 Å².